The number of rotatable bonds is 4. The second kappa shape index (κ2) is 6.98. The molecule has 8 nitrogen and oxygen atoms in total. The van der Waals surface area contributed by atoms with Crippen LogP contribution in [0.5, 0.6) is 0 Å². The van der Waals surface area contributed by atoms with Crippen molar-refractivity contribution in [1.29, 1.82) is 0 Å². The summed E-state index contributed by atoms with van der Waals surface area (Å²) in [4.78, 5) is 14.0. The van der Waals surface area contributed by atoms with Gasteiger partial charge in [-0.25, -0.2) is 9.48 Å². The lowest BCUT2D eigenvalue weighted by Crippen LogP contribution is -2.39. The van der Waals surface area contributed by atoms with Crippen LogP contribution in [0.1, 0.15) is 18.2 Å². The molecule has 1 aliphatic rings. The van der Waals surface area contributed by atoms with Crippen molar-refractivity contribution in [3.63, 3.8) is 0 Å². The summed E-state index contributed by atoms with van der Waals surface area (Å²) in [7, 11) is 0. The third-order valence-corrected chi connectivity index (χ3v) is 4.33. The lowest BCUT2D eigenvalue weighted by Gasteiger charge is -2.17. The number of hydrogen-bond acceptors (Lipinski definition) is 5. The van der Waals surface area contributed by atoms with Crippen LogP contribution in [0.25, 0.3) is 5.69 Å². The van der Waals surface area contributed by atoms with Gasteiger partial charge in [-0.05, 0) is 23.6 Å². The Morgan fingerprint density at radius 3 is 2.92 bits per heavy atom. The number of urea groups is 1. The topological polar surface area (TPSA) is 115 Å². The van der Waals surface area contributed by atoms with E-state index in [0.29, 0.717) is 32.1 Å². The second-order valence-electron chi connectivity index (χ2n) is 6.23. The Balaban J connectivity index is 1.62. The van der Waals surface area contributed by atoms with Gasteiger partial charge in [0.2, 0.25) is 0 Å². The van der Waals surface area contributed by atoms with Crippen LogP contribution in [0.3, 0.4) is 0 Å². The summed E-state index contributed by atoms with van der Waals surface area (Å²) in [5.74, 6) is 0.336. The molecule has 0 bridgehead atoms. The molecule has 8 heteroatoms. The Morgan fingerprint density at radius 2 is 2.25 bits per heavy atom. The summed E-state index contributed by atoms with van der Waals surface area (Å²) >= 11 is 0. The molecule has 2 atom stereocenters. The zero-order chi connectivity index (χ0) is 17.1. The molecule has 1 aromatic heterocycles. The maximum absolute atomic E-state index is 12.2. The van der Waals surface area contributed by atoms with E-state index in [-0.39, 0.29) is 12.1 Å². The summed E-state index contributed by atoms with van der Waals surface area (Å²) in [6, 6.07) is 7.77. The normalized spacial score (nSPS) is 20.4. The first-order chi connectivity index (χ1) is 11.6. The predicted molar refractivity (Wildman–Crippen MR) is 90.2 cm³/mol. The van der Waals surface area contributed by atoms with Crippen LogP contribution in [0.4, 0.5) is 4.79 Å². The summed E-state index contributed by atoms with van der Waals surface area (Å²) in [6.45, 7) is 4.17. The molecule has 2 aromatic rings. The van der Waals surface area contributed by atoms with Crippen LogP contribution in [0.15, 0.2) is 30.5 Å². The first-order valence-corrected chi connectivity index (χ1v) is 8.06. The molecule has 3 rings (SSSR count). The molecular formula is C16H23N7O. The van der Waals surface area contributed by atoms with E-state index in [1.807, 2.05) is 24.3 Å². The van der Waals surface area contributed by atoms with Crippen molar-refractivity contribution >= 4 is 6.03 Å². The number of nitrogens with one attached hydrogen (secondary N) is 1. The zero-order valence-electron chi connectivity index (χ0n) is 13.7. The number of amides is 2. The highest BCUT2D eigenvalue weighted by Crippen LogP contribution is 2.15. The summed E-state index contributed by atoms with van der Waals surface area (Å²) in [5.41, 5.74) is 14.1. The van der Waals surface area contributed by atoms with Gasteiger partial charge in [0.15, 0.2) is 0 Å². The number of hydrogen-bond donors (Lipinski definition) is 3. The van der Waals surface area contributed by atoms with Crippen molar-refractivity contribution in [2.24, 2.45) is 17.4 Å². The third-order valence-electron chi connectivity index (χ3n) is 4.33. The van der Waals surface area contributed by atoms with Crippen molar-refractivity contribution in [1.82, 2.24) is 25.2 Å². The third kappa shape index (κ3) is 3.55. The molecule has 1 aliphatic heterocycles. The van der Waals surface area contributed by atoms with E-state index >= 15 is 0 Å². The molecule has 128 valence electrons. The minimum Gasteiger partial charge on any atom is -0.334 e. The van der Waals surface area contributed by atoms with E-state index in [2.05, 4.69) is 22.6 Å². The Hall–Kier alpha value is -2.45. The molecule has 24 heavy (non-hydrogen) atoms. The lowest BCUT2D eigenvalue weighted by molar-refractivity contribution is 0.206. The Bertz CT molecular complexity index is 704. The minimum absolute atomic E-state index is 0.0585. The molecule has 0 radical (unpaired) electrons. The average Bonchev–Trinajstić information content (AvgIpc) is 3.20. The van der Waals surface area contributed by atoms with Gasteiger partial charge in [0.25, 0.3) is 0 Å². The molecule has 2 unspecified atom stereocenters. The summed E-state index contributed by atoms with van der Waals surface area (Å²) < 4.78 is 1.68. The molecule has 0 saturated carbocycles. The number of benzene rings is 1. The fraction of sp³-hybridized carbons (Fsp3) is 0.438. The summed E-state index contributed by atoms with van der Waals surface area (Å²) in [5, 5.41) is 11.0. The maximum Gasteiger partial charge on any atom is 0.317 e. The molecule has 1 aromatic carbocycles. The molecule has 0 spiro atoms. The van der Waals surface area contributed by atoms with Gasteiger partial charge in [0, 0.05) is 32.2 Å². The van der Waals surface area contributed by atoms with Gasteiger partial charge in [0.05, 0.1) is 17.6 Å². The number of likely N-dealkylation sites (tertiary alicyclic amines) is 1. The molecule has 0 aliphatic carbocycles. The number of nitrogens with zero attached hydrogens (tertiary/aromatic N) is 4. The standard InChI is InChI=1S/C16H23N7O/c1-11-8-22(10-15(11)18)16(24)19-7-12-3-2-4-14(5-12)23-9-13(6-17)20-21-23/h2-5,9,11,15H,6-8,10,17-18H2,1H3,(H,19,24). The van der Waals surface area contributed by atoms with Crippen molar-refractivity contribution < 1.29 is 4.79 Å². The molecule has 5 N–H and O–H groups in total. The second-order valence-corrected chi connectivity index (χ2v) is 6.23. The van der Waals surface area contributed by atoms with Gasteiger partial charge >= 0.3 is 6.03 Å². The molecular weight excluding hydrogens is 306 g/mol. The van der Waals surface area contributed by atoms with E-state index in [9.17, 15) is 4.79 Å². The number of carbonyl (C=O) groups excluding carboxylic acids is 1. The Labute approximate surface area is 140 Å². The lowest BCUT2D eigenvalue weighted by atomic mass is 10.1. The molecule has 2 heterocycles. The van der Waals surface area contributed by atoms with Crippen molar-refractivity contribution in [3.05, 3.63) is 41.7 Å². The Kier molecular flexibility index (Phi) is 4.77. The van der Waals surface area contributed by atoms with Crippen molar-refractivity contribution in [2.75, 3.05) is 13.1 Å². The van der Waals surface area contributed by atoms with Crippen LogP contribution >= 0.6 is 0 Å². The van der Waals surface area contributed by atoms with Gasteiger partial charge in [-0.3, -0.25) is 0 Å². The smallest absolute Gasteiger partial charge is 0.317 e. The predicted octanol–water partition coefficient (Wildman–Crippen LogP) is 0.215. The maximum atomic E-state index is 12.2. The van der Waals surface area contributed by atoms with Crippen molar-refractivity contribution in [3.8, 4) is 5.69 Å². The van der Waals surface area contributed by atoms with Crippen LogP contribution in [0.2, 0.25) is 0 Å². The van der Waals surface area contributed by atoms with Crippen LogP contribution < -0.4 is 16.8 Å². The first-order valence-electron chi connectivity index (χ1n) is 8.06. The fourth-order valence-electron chi connectivity index (χ4n) is 2.77. The fourth-order valence-corrected chi connectivity index (χ4v) is 2.77. The van der Waals surface area contributed by atoms with Gasteiger partial charge in [0.1, 0.15) is 0 Å². The van der Waals surface area contributed by atoms with Gasteiger partial charge in [-0.2, -0.15) is 0 Å². The van der Waals surface area contributed by atoms with Gasteiger partial charge in [-0.15, -0.1) is 5.10 Å². The molecule has 1 fully saturated rings. The largest absolute Gasteiger partial charge is 0.334 e. The number of carbonyl (C=O) groups is 1. The molecule has 1 saturated heterocycles. The molecule has 2 amide bonds. The minimum atomic E-state index is -0.0774. The highest BCUT2D eigenvalue weighted by Gasteiger charge is 2.29. The van der Waals surface area contributed by atoms with E-state index < -0.39 is 0 Å². The summed E-state index contributed by atoms with van der Waals surface area (Å²) in [6.07, 6.45) is 1.80. The van der Waals surface area contributed by atoms with Gasteiger partial charge < -0.3 is 21.7 Å². The number of aromatic nitrogens is 3. The monoisotopic (exact) mass is 329 g/mol. The SMILES string of the molecule is CC1CN(C(=O)NCc2cccc(-n3cc(CN)nn3)c2)CC1N. The zero-order valence-corrected chi connectivity index (χ0v) is 13.7. The van der Waals surface area contributed by atoms with Crippen LogP contribution in [-0.4, -0.2) is 45.1 Å². The van der Waals surface area contributed by atoms with Crippen LogP contribution in [0, 0.1) is 5.92 Å². The highest BCUT2D eigenvalue weighted by atomic mass is 16.2. The van der Waals surface area contributed by atoms with E-state index in [1.54, 1.807) is 15.8 Å². The first kappa shape index (κ1) is 16.4. The van der Waals surface area contributed by atoms with Crippen molar-refractivity contribution in [2.45, 2.75) is 26.1 Å². The van der Waals surface area contributed by atoms with Crippen LogP contribution in [-0.2, 0) is 13.1 Å². The van der Waals surface area contributed by atoms with Gasteiger partial charge in [-0.1, -0.05) is 24.3 Å². The highest BCUT2D eigenvalue weighted by molar-refractivity contribution is 5.74. The quantitative estimate of drug-likeness (QED) is 0.742. The Morgan fingerprint density at radius 1 is 1.42 bits per heavy atom. The van der Waals surface area contributed by atoms with E-state index in [1.165, 1.54) is 0 Å². The average molecular weight is 329 g/mol. The number of nitrogens with two attached hydrogens (primary N) is 2. The van der Waals surface area contributed by atoms with E-state index in [4.69, 9.17) is 11.5 Å². The van der Waals surface area contributed by atoms with E-state index in [0.717, 1.165) is 16.9 Å².